The Morgan fingerprint density at radius 1 is 1.15 bits per heavy atom. The third-order valence-corrected chi connectivity index (χ3v) is 10.5. The molecule has 210 valence electrons. The summed E-state index contributed by atoms with van der Waals surface area (Å²) in [7, 11) is -3.92. The van der Waals surface area contributed by atoms with E-state index in [1.165, 1.54) is 16.4 Å². The van der Waals surface area contributed by atoms with E-state index >= 15 is 0 Å². The summed E-state index contributed by atoms with van der Waals surface area (Å²) in [5, 5.41) is 3.34. The van der Waals surface area contributed by atoms with Gasteiger partial charge in [-0.25, -0.2) is 21.6 Å². The largest absolute Gasteiger partial charge is 0.366 e. The normalized spacial score (nSPS) is 27.1. The minimum Gasteiger partial charge on any atom is -0.366 e. The lowest BCUT2D eigenvalue weighted by molar-refractivity contribution is -0.151. The fraction of sp³-hybridized carbons (Fsp3) is 0.500. The van der Waals surface area contributed by atoms with E-state index in [1.807, 2.05) is 13.8 Å². The Morgan fingerprint density at radius 2 is 1.82 bits per heavy atom. The molecule has 1 heterocycles. The number of hydrogen-bond acceptors (Lipinski definition) is 5. The van der Waals surface area contributed by atoms with Gasteiger partial charge in [0.15, 0.2) is 5.78 Å². The molecule has 6 rings (SSSR count). The number of amidine groups is 1. The molecular weight excluding hydrogens is 551 g/mol. The number of nitrogens with one attached hydrogen (secondary N) is 1. The number of ketones is 1. The Bertz CT molecular complexity index is 1400. The van der Waals surface area contributed by atoms with Gasteiger partial charge in [-0.15, -0.1) is 0 Å². The second-order valence-corrected chi connectivity index (χ2v) is 13.9. The molecule has 0 spiro atoms. The minimum absolute atomic E-state index is 0.0158. The quantitative estimate of drug-likeness (QED) is 0.367. The Labute approximate surface area is 231 Å². The third-order valence-electron chi connectivity index (χ3n) is 8.21. The number of benzene rings is 2. The summed E-state index contributed by atoms with van der Waals surface area (Å²) in [6, 6.07) is 11.8. The van der Waals surface area contributed by atoms with E-state index in [0.717, 1.165) is 0 Å². The van der Waals surface area contributed by atoms with Crippen LogP contribution in [0.1, 0.15) is 57.9 Å². The van der Waals surface area contributed by atoms with Gasteiger partial charge < -0.3 is 5.32 Å². The summed E-state index contributed by atoms with van der Waals surface area (Å²) in [4.78, 5) is 17.7. The van der Waals surface area contributed by atoms with Gasteiger partial charge >= 0.3 is 0 Å². The average molecular weight is 582 g/mol. The maximum absolute atomic E-state index is 14.2. The number of alkyl halides is 2. The van der Waals surface area contributed by atoms with Crippen LogP contribution in [0.4, 0.5) is 13.2 Å². The van der Waals surface area contributed by atoms with Crippen LogP contribution in [0.25, 0.3) is 0 Å². The smallest absolute Gasteiger partial charge is 0.243 e. The van der Waals surface area contributed by atoms with Crippen molar-refractivity contribution < 1.29 is 26.4 Å². The predicted molar refractivity (Wildman–Crippen MR) is 143 cm³/mol. The molecule has 3 saturated carbocycles. The topological polar surface area (TPSA) is 78.8 Å². The van der Waals surface area contributed by atoms with Crippen molar-refractivity contribution in [2.24, 2.45) is 10.4 Å². The summed E-state index contributed by atoms with van der Waals surface area (Å²) in [6.07, 6.45) is -1.08. The molecule has 6 nitrogen and oxygen atoms in total. The molecule has 4 aliphatic rings. The van der Waals surface area contributed by atoms with Crippen LogP contribution in [0, 0.1) is 11.2 Å². The van der Waals surface area contributed by atoms with Gasteiger partial charge in [0, 0.05) is 30.3 Å². The highest BCUT2D eigenvalue weighted by atomic mass is 35.5. The third kappa shape index (κ3) is 5.00. The lowest BCUT2D eigenvalue weighted by Crippen LogP contribution is -2.78. The molecular formula is C28H31ClF3N3O3S. The summed E-state index contributed by atoms with van der Waals surface area (Å²) in [5.41, 5.74) is -1.23. The molecule has 0 aromatic heterocycles. The van der Waals surface area contributed by atoms with E-state index in [9.17, 15) is 26.4 Å². The summed E-state index contributed by atoms with van der Waals surface area (Å²) >= 11 is 5.84. The van der Waals surface area contributed by atoms with E-state index in [-0.39, 0.29) is 46.9 Å². The maximum atomic E-state index is 14.2. The SMILES string of the molecule is CC1(C)NC(C23CC(N(Cc4ccc(Cl)c(F)c4)S(=O)(=O)c4ccccc4)(C2)C3)=N[C@H]1C(=O)CCCC(F)F. The number of nitrogens with zero attached hydrogens (tertiary/aromatic N) is 2. The Balaban J connectivity index is 1.38. The van der Waals surface area contributed by atoms with Gasteiger partial charge in [0.25, 0.3) is 0 Å². The average Bonchev–Trinajstić information content (AvgIpc) is 3.14. The maximum Gasteiger partial charge on any atom is 0.243 e. The van der Waals surface area contributed by atoms with Gasteiger partial charge in [-0.05, 0) is 69.4 Å². The van der Waals surface area contributed by atoms with Crippen LogP contribution < -0.4 is 5.32 Å². The zero-order valence-electron chi connectivity index (χ0n) is 21.8. The van der Waals surface area contributed by atoms with E-state index in [4.69, 9.17) is 16.6 Å². The number of Topliss-reactive ketones (excluding diaryl/α,β-unsaturated/α-hetero) is 1. The first-order valence-corrected chi connectivity index (χ1v) is 14.8. The van der Waals surface area contributed by atoms with Gasteiger partial charge in [0.2, 0.25) is 16.4 Å². The van der Waals surface area contributed by atoms with Crippen molar-refractivity contribution in [2.45, 2.75) is 87.4 Å². The van der Waals surface area contributed by atoms with Gasteiger partial charge in [-0.2, -0.15) is 4.31 Å². The first-order valence-electron chi connectivity index (χ1n) is 13.0. The Kier molecular flexibility index (Phi) is 7.13. The van der Waals surface area contributed by atoms with Crippen LogP contribution in [0.15, 0.2) is 58.4 Å². The molecule has 39 heavy (non-hydrogen) atoms. The van der Waals surface area contributed by atoms with Crippen molar-refractivity contribution in [2.75, 3.05) is 0 Å². The van der Waals surface area contributed by atoms with Crippen molar-refractivity contribution in [1.29, 1.82) is 0 Å². The molecule has 2 aromatic carbocycles. The second kappa shape index (κ2) is 9.89. The molecule has 0 amide bonds. The van der Waals surface area contributed by atoms with E-state index in [1.54, 1.807) is 36.4 Å². The fourth-order valence-electron chi connectivity index (χ4n) is 6.29. The van der Waals surface area contributed by atoms with Gasteiger partial charge in [-0.3, -0.25) is 9.79 Å². The minimum atomic E-state index is -3.92. The highest BCUT2D eigenvalue weighted by molar-refractivity contribution is 7.89. The number of hydrogen-bond donors (Lipinski definition) is 1. The molecule has 0 unspecified atom stereocenters. The van der Waals surface area contributed by atoms with E-state index in [2.05, 4.69) is 5.32 Å². The fourth-order valence-corrected chi connectivity index (χ4v) is 8.18. The molecule has 0 radical (unpaired) electrons. The number of sulfonamides is 1. The Morgan fingerprint density at radius 3 is 2.44 bits per heavy atom. The molecule has 3 aliphatic carbocycles. The highest BCUT2D eigenvalue weighted by Gasteiger charge is 2.75. The van der Waals surface area contributed by atoms with Crippen molar-refractivity contribution in [1.82, 2.24) is 9.62 Å². The number of carbonyl (C=O) groups excluding carboxylic acids is 1. The zero-order chi connectivity index (χ0) is 28.2. The number of carbonyl (C=O) groups is 1. The Hall–Kier alpha value is -2.43. The van der Waals surface area contributed by atoms with Gasteiger partial charge in [0.1, 0.15) is 17.7 Å². The van der Waals surface area contributed by atoms with Crippen LogP contribution in [-0.2, 0) is 21.4 Å². The molecule has 2 bridgehead atoms. The molecule has 3 fully saturated rings. The van der Waals surface area contributed by atoms with Gasteiger partial charge in [0.05, 0.1) is 15.5 Å². The summed E-state index contributed by atoms with van der Waals surface area (Å²) < 4.78 is 68.4. The molecule has 1 aliphatic heterocycles. The highest BCUT2D eigenvalue weighted by Crippen LogP contribution is 2.71. The van der Waals surface area contributed by atoms with Crippen LogP contribution in [0.2, 0.25) is 5.02 Å². The summed E-state index contributed by atoms with van der Waals surface area (Å²) in [5.74, 6) is -0.116. The number of aliphatic imine (C=N–C) groups is 1. The summed E-state index contributed by atoms with van der Waals surface area (Å²) in [6.45, 7) is 3.71. The van der Waals surface area contributed by atoms with Crippen LogP contribution >= 0.6 is 11.6 Å². The monoisotopic (exact) mass is 581 g/mol. The van der Waals surface area contributed by atoms with Crippen molar-refractivity contribution in [3.63, 3.8) is 0 Å². The molecule has 1 N–H and O–H groups in total. The number of halogens is 4. The molecule has 0 saturated heterocycles. The first-order chi connectivity index (χ1) is 18.3. The first kappa shape index (κ1) is 28.1. The predicted octanol–water partition coefficient (Wildman–Crippen LogP) is 5.75. The lowest BCUT2D eigenvalue weighted by atomic mass is 9.38. The lowest BCUT2D eigenvalue weighted by Gasteiger charge is -2.73. The molecule has 1 atom stereocenters. The second-order valence-electron chi connectivity index (χ2n) is 11.6. The van der Waals surface area contributed by atoms with E-state index in [0.29, 0.717) is 30.7 Å². The van der Waals surface area contributed by atoms with Crippen molar-refractivity contribution in [3.8, 4) is 0 Å². The standard InChI is InChI=1S/C28H31ClF3N3O3S/c1-26(2)24(22(36)9-6-10-23(31)32)33-25(34-26)27-15-28(16-27,17-27)35(14-18-11-12-20(29)21(30)13-18)39(37,38)19-7-4-3-5-8-19/h3-5,7-8,11-13,23-24H,6,9-10,14-17H2,1-2H3,(H,33,34)/t24-,27?,28?/m0/s1. The van der Waals surface area contributed by atoms with Crippen molar-refractivity contribution in [3.05, 3.63) is 64.9 Å². The van der Waals surface area contributed by atoms with Gasteiger partial charge in [-0.1, -0.05) is 35.9 Å². The number of rotatable bonds is 11. The zero-order valence-corrected chi connectivity index (χ0v) is 23.3. The van der Waals surface area contributed by atoms with Crippen LogP contribution in [0.3, 0.4) is 0 Å². The van der Waals surface area contributed by atoms with Crippen LogP contribution in [-0.4, -0.2) is 47.9 Å². The van der Waals surface area contributed by atoms with E-state index < -0.39 is 39.4 Å². The van der Waals surface area contributed by atoms with Crippen molar-refractivity contribution >= 4 is 33.2 Å². The van der Waals surface area contributed by atoms with Crippen LogP contribution in [0.5, 0.6) is 0 Å². The molecule has 2 aromatic rings. The molecule has 11 heteroatoms.